The number of amides is 1. The predicted molar refractivity (Wildman–Crippen MR) is 122 cm³/mol. The van der Waals surface area contributed by atoms with Gasteiger partial charge in [0.1, 0.15) is 0 Å². The summed E-state index contributed by atoms with van der Waals surface area (Å²) in [5, 5.41) is 3.28. The van der Waals surface area contributed by atoms with Crippen molar-refractivity contribution in [3.8, 4) is 0 Å². The molecule has 0 atom stereocenters. The van der Waals surface area contributed by atoms with Gasteiger partial charge in [0, 0.05) is 13.1 Å². The Labute approximate surface area is 179 Å². The first kappa shape index (κ1) is 20.4. The highest BCUT2D eigenvalue weighted by Crippen LogP contribution is 2.34. The van der Waals surface area contributed by atoms with Gasteiger partial charge in [0.15, 0.2) is 0 Å². The first-order chi connectivity index (χ1) is 14.8. The molecule has 3 heteroatoms. The molecule has 3 nitrogen and oxygen atoms in total. The summed E-state index contributed by atoms with van der Waals surface area (Å²) >= 11 is 0. The number of carbonyl (C=O) groups excluding carboxylic acids is 1. The number of carbonyl (C=O) groups is 1. The van der Waals surface area contributed by atoms with E-state index in [4.69, 9.17) is 0 Å². The Bertz CT molecular complexity index is 879. The number of benzene rings is 3. The zero-order valence-corrected chi connectivity index (χ0v) is 17.5. The van der Waals surface area contributed by atoms with Gasteiger partial charge < -0.3 is 10.2 Å². The zero-order chi connectivity index (χ0) is 20.7. The van der Waals surface area contributed by atoms with Crippen molar-refractivity contribution in [2.24, 2.45) is 0 Å². The van der Waals surface area contributed by atoms with E-state index in [9.17, 15) is 4.79 Å². The first-order valence-electron chi connectivity index (χ1n) is 10.9. The molecule has 0 aromatic heterocycles. The molecule has 3 aromatic rings. The van der Waals surface area contributed by atoms with Gasteiger partial charge in [-0.25, -0.2) is 0 Å². The number of likely N-dealkylation sites (tertiary alicyclic amines) is 1. The highest BCUT2D eigenvalue weighted by Gasteiger charge is 2.37. The summed E-state index contributed by atoms with van der Waals surface area (Å²) < 4.78 is 0. The Kier molecular flexibility index (Phi) is 6.60. The standard InChI is InChI=1S/C27H30N2O/c30-26(20-23-12-4-1-5-13-23)28-21-27(22-29-18-10-11-19-29,24-14-6-2-7-15-24)25-16-8-3-9-17-25/h1-9,12-17H,10-11,18-22H2,(H,28,30). The fourth-order valence-electron chi connectivity index (χ4n) is 4.54. The Morgan fingerprint density at radius 3 is 1.80 bits per heavy atom. The SMILES string of the molecule is O=C(Cc1ccccc1)NCC(CN1CCCC1)(c1ccccc1)c1ccccc1. The Hall–Kier alpha value is -2.91. The van der Waals surface area contributed by atoms with Gasteiger partial charge in [-0.1, -0.05) is 91.0 Å². The lowest BCUT2D eigenvalue weighted by molar-refractivity contribution is -0.120. The molecule has 0 bridgehead atoms. The van der Waals surface area contributed by atoms with E-state index in [-0.39, 0.29) is 11.3 Å². The molecule has 0 unspecified atom stereocenters. The molecule has 4 rings (SSSR count). The minimum absolute atomic E-state index is 0.0684. The molecule has 3 aromatic carbocycles. The number of hydrogen-bond donors (Lipinski definition) is 1. The maximum absolute atomic E-state index is 12.8. The molecule has 1 heterocycles. The van der Waals surface area contributed by atoms with E-state index in [1.54, 1.807) is 0 Å². The van der Waals surface area contributed by atoms with Crippen LogP contribution in [-0.4, -0.2) is 37.0 Å². The molecule has 1 aliphatic rings. The average Bonchev–Trinajstić information content (AvgIpc) is 3.31. The number of nitrogens with one attached hydrogen (secondary N) is 1. The van der Waals surface area contributed by atoms with Gasteiger partial charge in [0.25, 0.3) is 0 Å². The van der Waals surface area contributed by atoms with Crippen LogP contribution in [0, 0.1) is 0 Å². The van der Waals surface area contributed by atoms with Crippen LogP contribution < -0.4 is 5.32 Å². The lowest BCUT2D eigenvalue weighted by Gasteiger charge is -2.38. The quantitative estimate of drug-likeness (QED) is 0.609. The van der Waals surface area contributed by atoms with Crippen molar-refractivity contribution in [2.45, 2.75) is 24.7 Å². The number of rotatable bonds is 8. The van der Waals surface area contributed by atoms with Crippen LogP contribution >= 0.6 is 0 Å². The molecule has 0 saturated carbocycles. The maximum Gasteiger partial charge on any atom is 0.224 e. The van der Waals surface area contributed by atoms with Crippen molar-refractivity contribution in [3.05, 3.63) is 108 Å². The van der Waals surface area contributed by atoms with E-state index in [2.05, 4.69) is 70.9 Å². The van der Waals surface area contributed by atoms with Crippen LogP contribution in [0.5, 0.6) is 0 Å². The van der Waals surface area contributed by atoms with Crippen LogP contribution in [0.15, 0.2) is 91.0 Å². The van der Waals surface area contributed by atoms with Crippen molar-refractivity contribution in [1.82, 2.24) is 10.2 Å². The monoisotopic (exact) mass is 398 g/mol. The van der Waals surface area contributed by atoms with Gasteiger partial charge in [0.05, 0.1) is 11.8 Å². The molecule has 154 valence electrons. The molecule has 30 heavy (non-hydrogen) atoms. The molecule has 1 fully saturated rings. The normalized spacial score (nSPS) is 14.5. The van der Waals surface area contributed by atoms with E-state index in [0.717, 1.165) is 25.2 Å². The Morgan fingerprint density at radius 1 is 0.767 bits per heavy atom. The second kappa shape index (κ2) is 9.73. The second-order valence-corrected chi connectivity index (χ2v) is 8.24. The van der Waals surface area contributed by atoms with Crippen molar-refractivity contribution in [1.29, 1.82) is 0 Å². The topological polar surface area (TPSA) is 32.3 Å². The van der Waals surface area contributed by atoms with E-state index in [0.29, 0.717) is 13.0 Å². The predicted octanol–water partition coefficient (Wildman–Crippen LogP) is 4.43. The zero-order valence-electron chi connectivity index (χ0n) is 17.5. The summed E-state index contributed by atoms with van der Waals surface area (Å²) in [5.41, 5.74) is 3.27. The summed E-state index contributed by atoms with van der Waals surface area (Å²) in [5.74, 6) is 0.0684. The third kappa shape index (κ3) is 4.80. The Balaban J connectivity index is 1.63. The van der Waals surface area contributed by atoms with Crippen LogP contribution in [0.2, 0.25) is 0 Å². The summed E-state index contributed by atoms with van der Waals surface area (Å²) in [7, 11) is 0. The Morgan fingerprint density at radius 2 is 1.27 bits per heavy atom. The van der Waals surface area contributed by atoms with Crippen LogP contribution in [0.4, 0.5) is 0 Å². The molecule has 1 amide bonds. The maximum atomic E-state index is 12.8. The summed E-state index contributed by atoms with van der Waals surface area (Å²) in [6, 6.07) is 31.3. The molecule has 0 radical (unpaired) electrons. The van der Waals surface area contributed by atoms with Gasteiger partial charge in [-0.15, -0.1) is 0 Å². The van der Waals surface area contributed by atoms with E-state index in [1.807, 2.05) is 30.3 Å². The molecule has 1 saturated heterocycles. The molecular formula is C27H30N2O. The van der Waals surface area contributed by atoms with Gasteiger partial charge in [-0.05, 0) is 42.6 Å². The molecule has 0 aliphatic carbocycles. The lowest BCUT2D eigenvalue weighted by atomic mass is 9.73. The van der Waals surface area contributed by atoms with Crippen molar-refractivity contribution in [3.63, 3.8) is 0 Å². The summed E-state index contributed by atoms with van der Waals surface area (Å²) in [4.78, 5) is 15.4. The minimum atomic E-state index is -0.279. The third-order valence-corrected chi connectivity index (χ3v) is 6.14. The largest absolute Gasteiger partial charge is 0.355 e. The van der Waals surface area contributed by atoms with Crippen LogP contribution in [-0.2, 0) is 16.6 Å². The molecular weight excluding hydrogens is 368 g/mol. The summed E-state index contributed by atoms with van der Waals surface area (Å²) in [6.07, 6.45) is 2.91. The molecule has 1 N–H and O–H groups in total. The van der Waals surface area contributed by atoms with Crippen molar-refractivity contribution in [2.75, 3.05) is 26.2 Å². The van der Waals surface area contributed by atoms with E-state index >= 15 is 0 Å². The fourth-order valence-corrected chi connectivity index (χ4v) is 4.54. The molecule has 0 spiro atoms. The highest BCUT2D eigenvalue weighted by molar-refractivity contribution is 5.78. The van der Waals surface area contributed by atoms with Gasteiger partial charge in [-0.2, -0.15) is 0 Å². The number of nitrogens with zero attached hydrogens (tertiary/aromatic N) is 1. The van der Waals surface area contributed by atoms with Crippen molar-refractivity contribution >= 4 is 5.91 Å². The van der Waals surface area contributed by atoms with Crippen LogP contribution in [0.25, 0.3) is 0 Å². The number of hydrogen-bond acceptors (Lipinski definition) is 2. The fraction of sp³-hybridized carbons (Fsp3) is 0.296. The second-order valence-electron chi connectivity index (χ2n) is 8.24. The van der Waals surface area contributed by atoms with E-state index < -0.39 is 0 Å². The van der Waals surface area contributed by atoms with E-state index in [1.165, 1.54) is 24.0 Å². The van der Waals surface area contributed by atoms with Crippen LogP contribution in [0.1, 0.15) is 29.5 Å². The first-order valence-corrected chi connectivity index (χ1v) is 10.9. The minimum Gasteiger partial charge on any atom is -0.355 e. The van der Waals surface area contributed by atoms with Gasteiger partial charge in [0.2, 0.25) is 5.91 Å². The third-order valence-electron chi connectivity index (χ3n) is 6.14. The van der Waals surface area contributed by atoms with Gasteiger partial charge >= 0.3 is 0 Å². The van der Waals surface area contributed by atoms with Crippen molar-refractivity contribution < 1.29 is 4.79 Å². The van der Waals surface area contributed by atoms with Gasteiger partial charge in [-0.3, -0.25) is 4.79 Å². The highest BCUT2D eigenvalue weighted by atomic mass is 16.1. The van der Waals surface area contributed by atoms with Crippen LogP contribution in [0.3, 0.4) is 0 Å². The summed E-state index contributed by atoms with van der Waals surface area (Å²) in [6.45, 7) is 3.74. The average molecular weight is 399 g/mol. The lowest BCUT2D eigenvalue weighted by Crippen LogP contribution is -2.49. The smallest absolute Gasteiger partial charge is 0.224 e. The molecule has 1 aliphatic heterocycles.